The van der Waals surface area contributed by atoms with Crippen LogP contribution in [0.4, 0.5) is 5.69 Å². The maximum atomic E-state index is 12.3. The van der Waals surface area contributed by atoms with Crippen LogP contribution in [0.3, 0.4) is 0 Å². The maximum Gasteiger partial charge on any atom is 0.234 e. The van der Waals surface area contributed by atoms with Gasteiger partial charge in [-0.25, -0.2) is 0 Å². The van der Waals surface area contributed by atoms with Crippen LogP contribution in [0.1, 0.15) is 18.1 Å². The summed E-state index contributed by atoms with van der Waals surface area (Å²) in [6, 6.07) is 11.1. The van der Waals surface area contributed by atoms with Gasteiger partial charge in [-0.3, -0.25) is 4.79 Å². The molecule has 1 aromatic heterocycles. The molecule has 1 amide bonds. The van der Waals surface area contributed by atoms with E-state index in [-0.39, 0.29) is 11.7 Å². The fourth-order valence-electron chi connectivity index (χ4n) is 2.70. The van der Waals surface area contributed by atoms with Gasteiger partial charge in [0, 0.05) is 22.8 Å². The van der Waals surface area contributed by atoms with Gasteiger partial charge in [0.25, 0.3) is 0 Å². The largest absolute Gasteiger partial charge is 0.325 e. The Morgan fingerprint density at radius 3 is 2.57 bits per heavy atom. The molecule has 1 heterocycles. The van der Waals surface area contributed by atoms with Crippen molar-refractivity contribution in [2.24, 2.45) is 0 Å². The van der Waals surface area contributed by atoms with Gasteiger partial charge >= 0.3 is 0 Å². The highest BCUT2D eigenvalue weighted by Gasteiger charge is 2.17. The van der Waals surface area contributed by atoms with Gasteiger partial charge in [0.1, 0.15) is 0 Å². The second-order valence-electron chi connectivity index (χ2n) is 6.31. The molecule has 3 rings (SSSR count). The highest BCUT2D eigenvalue weighted by atomic mass is 35.5. The molecular formula is C20H20Cl2N4OS. The topological polar surface area (TPSA) is 59.8 Å². The van der Waals surface area contributed by atoms with Crippen LogP contribution >= 0.6 is 35.0 Å². The fraction of sp³-hybridized carbons (Fsp3) is 0.250. The normalized spacial score (nSPS) is 10.9. The smallest absolute Gasteiger partial charge is 0.234 e. The van der Waals surface area contributed by atoms with Crippen molar-refractivity contribution in [2.45, 2.75) is 32.5 Å². The third-order valence-electron chi connectivity index (χ3n) is 4.33. The first-order chi connectivity index (χ1) is 13.4. The number of nitrogens with zero attached hydrogens (tertiary/aromatic N) is 3. The van der Waals surface area contributed by atoms with Gasteiger partial charge < -0.3 is 9.88 Å². The summed E-state index contributed by atoms with van der Waals surface area (Å²) in [7, 11) is 0. The predicted octanol–water partition coefficient (Wildman–Crippen LogP) is 5.62. The number of thioether (sulfide) groups is 1. The molecule has 28 heavy (non-hydrogen) atoms. The van der Waals surface area contributed by atoms with Crippen molar-refractivity contribution in [2.75, 3.05) is 11.1 Å². The van der Waals surface area contributed by atoms with Gasteiger partial charge in [-0.1, -0.05) is 41.0 Å². The number of aromatic nitrogens is 3. The molecule has 0 radical (unpaired) electrons. The predicted molar refractivity (Wildman–Crippen MR) is 116 cm³/mol. The lowest BCUT2D eigenvalue weighted by atomic mass is 10.1. The molecule has 0 aliphatic rings. The third-order valence-corrected chi connectivity index (χ3v) is 5.84. The van der Waals surface area contributed by atoms with E-state index in [1.165, 1.54) is 17.3 Å². The summed E-state index contributed by atoms with van der Waals surface area (Å²) in [5.74, 6) is 0.797. The van der Waals surface area contributed by atoms with Gasteiger partial charge in [-0.05, 0) is 62.2 Å². The molecule has 0 spiro atoms. The van der Waals surface area contributed by atoms with E-state index in [0.29, 0.717) is 27.6 Å². The first-order valence-electron chi connectivity index (χ1n) is 8.77. The lowest BCUT2D eigenvalue weighted by Gasteiger charge is -2.09. The molecular weight excluding hydrogens is 415 g/mol. The quantitative estimate of drug-likeness (QED) is 0.511. The molecule has 5 nitrogen and oxygen atoms in total. The zero-order valence-electron chi connectivity index (χ0n) is 15.8. The van der Waals surface area contributed by atoms with Crippen LogP contribution in [0.25, 0.3) is 11.4 Å². The molecule has 146 valence electrons. The summed E-state index contributed by atoms with van der Waals surface area (Å²) >= 11 is 13.6. The van der Waals surface area contributed by atoms with E-state index in [2.05, 4.69) is 15.5 Å². The lowest BCUT2D eigenvalue weighted by Crippen LogP contribution is -2.14. The number of nitrogens with one attached hydrogen (secondary N) is 1. The van der Waals surface area contributed by atoms with Gasteiger partial charge in [0.05, 0.1) is 10.8 Å². The Morgan fingerprint density at radius 1 is 1.11 bits per heavy atom. The van der Waals surface area contributed by atoms with E-state index < -0.39 is 0 Å². The number of benzene rings is 2. The van der Waals surface area contributed by atoms with Crippen LogP contribution < -0.4 is 5.32 Å². The number of carbonyl (C=O) groups excluding carboxylic acids is 1. The van der Waals surface area contributed by atoms with E-state index in [0.717, 1.165) is 16.8 Å². The van der Waals surface area contributed by atoms with Crippen LogP contribution in [0.5, 0.6) is 0 Å². The lowest BCUT2D eigenvalue weighted by molar-refractivity contribution is -0.113. The molecule has 0 aliphatic carbocycles. The Balaban J connectivity index is 1.71. The van der Waals surface area contributed by atoms with Gasteiger partial charge in [-0.2, -0.15) is 0 Å². The summed E-state index contributed by atoms with van der Waals surface area (Å²) in [6.07, 6.45) is 0. The second-order valence-corrected chi connectivity index (χ2v) is 8.10. The van der Waals surface area contributed by atoms with E-state index in [9.17, 15) is 4.79 Å². The van der Waals surface area contributed by atoms with E-state index >= 15 is 0 Å². The summed E-state index contributed by atoms with van der Waals surface area (Å²) in [5.41, 5.74) is 3.88. The zero-order chi connectivity index (χ0) is 20.3. The second kappa shape index (κ2) is 8.99. The van der Waals surface area contributed by atoms with Crippen molar-refractivity contribution in [3.05, 3.63) is 57.6 Å². The molecule has 0 fully saturated rings. The Labute approximate surface area is 178 Å². The summed E-state index contributed by atoms with van der Waals surface area (Å²) < 4.78 is 1.93. The first kappa shape index (κ1) is 20.7. The average molecular weight is 435 g/mol. The van der Waals surface area contributed by atoms with Crippen molar-refractivity contribution in [3.63, 3.8) is 0 Å². The number of aryl methyl sites for hydroxylation is 2. The Hall–Kier alpha value is -2.02. The van der Waals surface area contributed by atoms with Gasteiger partial charge in [-0.15, -0.1) is 10.2 Å². The van der Waals surface area contributed by atoms with E-state index in [1.807, 2.05) is 49.6 Å². The monoisotopic (exact) mass is 434 g/mol. The highest BCUT2D eigenvalue weighted by molar-refractivity contribution is 7.99. The molecule has 3 aromatic rings. The summed E-state index contributed by atoms with van der Waals surface area (Å²) in [5, 5.41) is 13.2. The number of carbonyl (C=O) groups is 1. The number of halogens is 2. The SMILES string of the molecule is CCn1c(SCC(=O)Nc2ccc(C)c(C)c2)nnc1-c1ccc(Cl)cc1Cl. The molecule has 1 N–H and O–H groups in total. The van der Waals surface area contributed by atoms with Gasteiger partial charge in [0.2, 0.25) is 5.91 Å². The Morgan fingerprint density at radius 2 is 1.89 bits per heavy atom. The number of hydrogen-bond donors (Lipinski definition) is 1. The summed E-state index contributed by atoms with van der Waals surface area (Å²) in [6.45, 7) is 6.71. The molecule has 0 saturated heterocycles. The number of anilines is 1. The maximum absolute atomic E-state index is 12.3. The minimum absolute atomic E-state index is 0.0926. The third kappa shape index (κ3) is 4.69. The molecule has 0 atom stereocenters. The van der Waals surface area contributed by atoms with Crippen molar-refractivity contribution < 1.29 is 4.79 Å². The van der Waals surface area contributed by atoms with E-state index in [4.69, 9.17) is 23.2 Å². The van der Waals surface area contributed by atoms with Crippen molar-refractivity contribution in [1.29, 1.82) is 0 Å². The van der Waals surface area contributed by atoms with Crippen LogP contribution in [-0.2, 0) is 11.3 Å². The molecule has 2 aromatic carbocycles. The molecule has 0 unspecified atom stereocenters. The van der Waals surface area contributed by atoms with E-state index in [1.54, 1.807) is 12.1 Å². The Kier molecular flexibility index (Phi) is 6.65. The Bertz CT molecular complexity index is 1020. The number of amides is 1. The fourth-order valence-corrected chi connectivity index (χ4v) is 3.99. The van der Waals surface area contributed by atoms with Crippen molar-refractivity contribution in [1.82, 2.24) is 14.8 Å². The minimum Gasteiger partial charge on any atom is -0.325 e. The molecule has 0 aliphatic heterocycles. The number of rotatable bonds is 6. The number of hydrogen-bond acceptors (Lipinski definition) is 4. The minimum atomic E-state index is -0.0926. The van der Waals surface area contributed by atoms with Crippen LogP contribution in [0.2, 0.25) is 10.0 Å². The standard InChI is InChI=1S/C20H20Cl2N4OS/c1-4-26-19(16-8-6-14(21)10-17(16)22)24-25-20(26)28-11-18(27)23-15-7-5-12(2)13(3)9-15/h5-10H,4,11H2,1-3H3,(H,23,27). The van der Waals surface area contributed by atoms with Crippen LogP contribution in [0, 0.1) is 13.8 Å². The van der Waals surface area contributed by atoms with Gasteiger partial charge in [0.15, 0.2) is 11.0 Å². The average Bonchev–Trinajstić information content (AvgIpc) is 3.05. The molecule has 8 heteroatoms. The highest BCUT2D eigenvalue weighted by Crippen LogP contribution is 2.31. The van der Waals surface area contributed by atoms with Crippen molar-refractivity contribution in [3.8, 4) is 11.4 Å². The molecule has 0 saturated carbocycles. The zero-order valence-corrected chi connectivity index (χ0v) is 18.1. The molecule has 0 bridgehead atoms. The van der Waals surface area contributed by atoms with Crippen LogP contribution in [-0.4, -0.2) is 26.4 Å². The first-order valence-corrected chi connectivity index (χ1v) is 10.5. The van der Waals surface area contributed by atoms with Crippen molar-refractivity contribution >= 4 is 46.6 Å². The van der Waals surface area contributed by atoms with Crippen LogP contribution in [0.15, 0.2) is 41.6 Å². The summed E-state index contributed by atoms with van der Waals surface area (Å²) in [4.78, 5) is 12.3.